The zero-order chi connectivity index (χ0) is 33.1. The first-order chi connectivity index (χ1) is 23.0. The molecule has 0 saturated carbocycles. The molecule has 48 heavy (non-hydrogen) atoms. The normalized spacial score (nSPS) is 16.8. The minimum atomic E-state index is -1.79. The SMILES string of the molecule is CC[Si](CC)(CC)OCCC(CCO[Si](CC)(CC)CC)(C1=c2ccccc2=C2C=CC=CC21)C1c2ccccc2-c2ccccc21.[Zr]. The van der Waals surface area contributed by atoms with Crippen LogP contribution in [0.15, 0.2) is 97.1 Å². The average Bonchev–Trinajstić information content (AvgIpc) is 3.66. The fourth-order valence-electron chi connectivity index (χ4n) is 9.37. The molecule has 0 N–H and O–H groups in total. The van der Waals surface area contributed by atoms with Crippen LogP contribution in [0.5, 0.6) is 0 Å². The van der Waals surface area contributed by atoms with Crippen molar-refractivity contribution in [1.29, 1.82) is 0 Å². The summed E-state index contributed by atoms with van der Waals surface area (Å²) in [7, 11) is -3.58. The van der Waals surface area contributed by atoms with Crippen molar-refractivity contribution in [1.82, 2.24) is 0 Å². The molecule has 0 heterocycles. The summed E-state index contributed by atoms with van der Waals surface area (Å²) in [6.07, 6.45) is 11.3. The molecular weight excluding hydrogens is 696 g/mol. The van der Waals surface area contributed by atoms with Crippen LogP contribution in [-0.4, -0.2) is 29.8 Å². The summed E-state index contributed by atoms with van der Waals surface area (Å²) < 4.78 is 14.4. The molecule has 1 atom stereocenters. The number of hydrogen-bond donors (Lipinski definition) is 0. The maximum atomic E-state index is 7.22. The van der Waals surface area contributed by atoms with Crippen molar-refractivity contribution in [2.75, 3.05) is 13.2 Å². The standard InChI is InChI=1S/C43H56O2Si2.Zr/c1-7-46(8-2,9-3)44-31-29-43(30-32-45-47(10-4,11-5)12-6,41-37-25-17-13-21-33(37)34-22-14-18-26-38(34)41)42-39-27-19-15-23-35(39)36-24-16-20-28-40(36)42;/h13-28,37,42H,7-12,29-32H2,1-6H3;. The van der Waals surface area contributed by atoms with Gasteiger partial charge in [0, 0.05) is 56.7 Å². The topological polar surface area (TPSA) is 18.5 Å². The molecule has 3 aliphatic carbocycles. The Hall–Kier alpha value is -1.88. The van der Waals surface area contributed by atoms with Crippen molar-refractivity contribution < 1.29 is 35.1 Å². The minimum Gasteiger partial charge on any atom is -0.417 e. The van der Waals surface area contributed by atoms with Crippen LogP contribution in [-0.2, 0) is 35.1 Å². The third kappa shape index (κ3) is 6.52. The van der Waals surface area contributed by atoms with Gasteiger partial charge in [-0.15, -0.1) is 0 Å². The Balaban J connectivity index is 0.00000451. The van der Waals surface area contributed by atoms with Gasteiger partial charge in [-0.05, 0) is 92.9 Å². The quantitative estimate of drug-likeness (QED) is 0.136. The summed E-state index contributed by atoms with van der Waals surface area (Å²) in [5.41, 5.74) is 8.57. The molecule has 0 fully saturated rings. The zero-order valence-corrected chi connectivity index (χ0v) is 34.7. The number of fused-ring (bicyclic) bond motifs is 5. The second-order valence-electron chi connectivity index (χ2n) is 14.1. The van der Waals surface area contributed by atoms with Crippen molar-refractivity contribution in [2.24, 2.45) is 11.3 Å². The van der Waals surface area contributed by atoms with Crippen molar-refractivity contribution in [3.05, 3.63) is 119 Å². The second kappa shape index (κ2) is 16.0. The molecule has 2 nitrogen and oxygen atoms in total. The largest absolute Gasteiger partial charge is 0.417 e. The van der Waals surface area contributed by atoms with Gasteiger partial charge in [0.15, 0.2) is 16.6 Å². The van der Waals surface area contributed by atoms with Gasteiger partial charge < -0.3 is 8.85 Å². The van der Waals surface area contributed by atoms with Crippen LogP contribution >= 0.6 is 0 Å². The van der Waals surface area contributed by atoms with Gasteiger partial charge in [-0.25, -0.2) is 0 Å². The van der Waals surface area contributed by atoms with E-state index in [1.165, 1.54) is 74.5 Å². The van der Waals surface area contributed by atoms with Gasteiger partial charge >= 0.3 is 0 Å². The van der Waals surface area contributed by atoms with E-state index in [0.717, 1.165) is 26.1 Å². The molecule has 0 saturated heterocycles. The number of benzene rings is 3. The van der Waals surface area contributed by atoms with Crippen LogP contribution in [0, 0.1) is 11.3 Å². The summed E-state index contributed by atoms with van der Waals surface area (Å²) in [6.45, 7) is 15.7. The number of allylic oxidation sites excluding steroid dienone is 4. The molecule has 252 valence electrons. The van der Waals surface area contributed by atoms with E-state index in [4.69, 9.17) is 8.85 Å². The molecule has 3 aromatic carbocycles. The third-order valence-corrected chi connectivity index (χ3v) is 21.9. The summed E-state index contributed by atoms with van der Waals surface area (Å²) in [5, 5.41) is 2.83. The molecule has 3 aromatic rings. The smallest absolute Gasteiger partial charge is 0.191 e. The molecule has 0 spiro atoms. The molecular formula is C43H56O2Si2Zr. The Morgan fingerprint density at radius 2 is 1.04 bits per heavy atom. The second-order valence-corrected chi connectivity index (χ2v) is 23.6. The van der Waals surface area contributed by atoms with Crippen LogP contribution in [0.2, 0.25) is 36.3 Å². The predicted octanol–water partition coefficient (Wildman–Crippen LogP) is 10.4. The van der Waals surface area contributed by atoms with Gasteiger partial charge in [0.05, 0.1) is 0 Å². The minimum absolute atomic E-state index is 0. The first-order valence-corrected chi connectivity index (χ1v) is 23.7. The fraction of sp³-hybridized carbons (Fsp3) is 0.442. The maximum absolute atomic E-state index is 7.22. The predicted molar refractivity (Wildman–Crippen MR) is 206 cm³/mol. The van der Waals surface area contributed by atoms with E-state index in [2.05, 4.69) is 139 Å². The van der Waals surface area contributed by atoms with Gasteiger partial charge in [-0.3, -0.25) is 0 Å². The van der Waals surface area contributed by atoms with Crippen molar-refractivity contribution in [2.45, 2.75) is 96.6 Å². The summed E-state index contributed by atoms with van der Waals surface area (Å²) in [6, 6.07) is 34.8. The molecule has 3 aliphatic rings. The molecule has 0 bridgehead atoms. The zero-order valence-electron chi connectivity index (χ0n) is 30.3. The molecule has 0 amide bonds. The Bertz CT molecular complexity index is 1660. The first-order valence-electron chi connectivity index (χ1n) is 18.6. The van der Waals surface area contributed by atoms with E-state index >= 15 is 0 Å². The summed E-state index contributed by atoms with van der Waals surface area (Å²) >= 11 is 0. The Labute approximate surface area is 311 Å². The third-order valence-electron chi connectivity index (χ3n) is 12.6. The molecule has 6 rings (SSSR count). The van der Waals surface area contributed by atoms with E-state index < -0.39 is 16.6 Å². The first kappa shape index (κ1) is 37.4. The summed E-state index contributed by atoms with van der Waals surface area (Å²) in [5.74, 6) is 0.485. The van der Waals surface area contributed by atoms with Crippen molar-refractivity contribution in [3.63, 3.8) is 0 Å². The van der Waals surface area contributed by atoms with Crippen LogP contribution in [0.4, 0.5) is 0 Å². The van der Waals surface area contributed by atoms with Gasteiger partial charge in [-0.1, -0.05) is 139 Å². The van der Waals surface area contributed by atoms with Crippen molar-refractivity contribution >= 4 is 27.8 Å². The summed E-state index contributed by atoms with van der Waals surface area (Å²) in [4.78, 5) is 0. The fourth-order valence-corrected chi connectivity index (χ4v) is 14.7. The van der Waals surface area contributed by atoms with E-state index in [9.17, 15) is 0 Å². The molecule has 0 aliphatic heterocycles. The Morgan fingerprint density at radius 1 is 0.583 bits per heavy atom. The monoisotopic (exact) mass is 750 g/mol. The van der Waals surface area contributed by atoms with Gasteiger partial charge in [-0.2, -0.15) is 0 Å². The van der Waals surface area contributed by atoms with E-state index in [-0.39, 0.29) is 43.5 Å². The molecule has 1 unspecified atom stereocenters. The number of rotatable bonds is 16. The van der Waals surface area contributed by atoms with Crippen molar-refractivity contribution in [3.8, 4) is 11.1 Å². The van der Waals surface area contributed by atoms with E-state index in [1.54, 1.807) is 5.57 Å². The van der Waals surface area contributed by atoms with E-state index in [1.807, 2.05) is 0 Å². The maximum Gasteiger partial charge on any atom is 0.191 e. The Kier molecular flexibility index (Phi) is 12.4. The molecule has 0 aromatic heterocycles. The molecule has 0 radical (unpaired) electrons. The Morgan fingerprint density at radius 3 is 1.54 bits per heavy atom. The van der Waals surface area contributed by atoms with E-state index in [0.29, 0.717) is 0 Å². The van der Waals surface area contributed by atoms with Crippen LogP contribution in [0.3, 0.4) is 0 Å². The van der Waals surface area contributed by atoms with Gasteiger partial charge in [0.25, 0.3) is 0 Å². The van der Waals surface area contributed by atoms with Gasteiger partial charge in [0.1, 0.15) is 0 Å². The van der Waals surface area contributed by atoms with Crippen LogP contribution in [0.1, 0.15) is 71.4 Å². The average molecular weight is 752 g/mol. The van der Waals surface area contributed by atoms with Crippen LogP contribution < -0.4 is 10.4 Å². The molecule has 5 heteroatoms. The number of hydrogen-bond acceptors (Lipinski definition) is 2. The van der Waals surface area contributed by atoms with Gasteiger partial charge in [0.2, 0.25) is 0 Å². The van der Waals surface area contributed by atoms with Crippen LogP contribution in [0.25, 0.3) is 22.3 Å².